The Balaban J connectivity index is 1.77. The molecule has 1 atom stereocenters. The van der Waals surface area contributed by atoms with E-state index in [9.17, 15) is 4.39 Å². The molecule has 1 N–H and O–H groups in total. The first kappa shape index (κ1) is 14.0. The molecule has 0 spiro atoms. The fraction of sp³-hybridized carbons (Fsp3) is 0.333. The van der Waals surface area contributed by atoms with Crippen LogP contribution in [-0.4, -0.2) is 25.0 Å². The minimum absolute atomic E-state index is 0.200. The summed E-state index contributed by atoms with van der Waals surface area (Å²) in [5, 5.41) is 5.41. The fourth-order valence-corrected chi connectivity index (χ4v) is 2.73. The molecule has 0 aliphatic heterocycles. The summed E-state index contributed by atoms with van der Waals surface area (Å²) in [7, 11) is 2.12. The summed E-state index contributed by atoms with van der Waals surface area (Å²) in [6.07, 6.45) is 0. The highest BCUT2D eigenvalue weighted by Crippen LogP contribution is 2.22. The van der Waals surface area contributed by atoms with Crippen LogP contribution in [-0.2, 0) is 0 Å². The van der Waals surface area contributed by atoms with Gasteiger partial charge in [-0.25, -0.2) is 4.39 Å². The zero-order chi connectivity index (χ0) is 13.7. The van der Waals surface area contributed by atoms with E-state index in [0.717, 1.165) is 18.8 Å². The summed E-state index contributed by atoms with van der Waals surface area (Å²) in [5.74, 6) is -0.200. The standard InChI is InChI=1S/C15H19FN2S/c1-12(15-4-3-11-19-15)18(2)10-9-17-14-7-5-13(16)6-8-14/h3-8,11-12,17H,9-10H2,1-2H3. The topological polar surface area (TPSA) is 15.3 Å². The Morgan fingerprint density at radius 2 is 2.00 bits per heavy atom. The molecular formula is C15H19FN2S. The number of rotatable bonds is 6. The van der Waals surface area contributed by atoms with Crippen molar-refractivity contribution in [3.05, 3.63) is 52.5 Å². The molecule has 4 heteroatoms. The van der Waals surface area contributed by atoms with Crippen molar-refractivity contribution in [3.63, 3.8) is 0 Å². The average Bonchev–Trinajstić information content (AvgIpc) is 2.94. The minimum atomic E-state index is -0.200. The molecule has 2 nitrogen and oxygen atoms in total. The van der Waals surface area contributed by atoms with E-state index in [4.69, 9.17) is 0 Å². The number of thiophene rings is 1. The first-order valence-corrected chi connectivity index (χ1v) is 7.28. The Bertz CT molecular complexity index is 481. The maximum atomic E-state index is 12.8. The number of likely N-dealkylation sites (N-methyl/N-ethyl adjacent to an activating group) is 1. The fourth-order valence-electron chi connectivity index (χ4n) is 1.88. The molecule has 1 aromatic heterocycles. The van der Waals surface area contributed by atoms with Gasteiger partial charge < -0.3 is 5.32 Å². The van der Waals surface area contributed by atoms with Crippen molar-refractivity contribution in [2.45, 2.75) is 13.0 Å². The van der Waals surface area contributed by atoms with Crippen LogP contribution in [0.15, 0.2) is 41.8 Å². The molecule has 0 fully saturated rings. The van der Waals surface area contributed by atoms with Gasteiger partial charge in [0.2, 0.25) is 0 Å². The van der Waals surface area contributed by atoms with Crippen molar-refractivity contribution in [3.8, 4) is 0 Å². The first-order valence-electron chi connectivity index (χ1n) is 6.40. The van der Waals surface area contributed by atoms with E-state index in [-0.39, 0.29) is 5.82 Å². The van der Waals surface area contributed by atoms with Gasteiger partial charge in [-0.3, -0.25) is 4.90 Å². The van der Waals surface area contributed by atoms with Crippen LogP contribution >= 0.6 is 11.3 Å². The predicted molar refractivity (Wildman–Crippen MR) is 80.3 cm³/mol. The molecule has 0 saturated heterocycles. The van der Waals surface area contributed by atoms with Crippen molar-refractivity contribution in [2.75, 3.05) is 25.5 Å². The Hall–Kier alpha value is -1.39. The third-order valence-corrected chi connectivity index (χ3v) is 4.30. The third kappa shape index (κ3) is 4.04. The van der Waals surface area contributed by atoms with Crippen molar-refractivity contribution in [1.29, 1.82) is 0 Å². The Morgan fingerprint density at radius 1 is 1.26 bits per heavy atom. The molecule has 0 amide bonds. The van der Waals surface area contributed by atoms with E-state index in [1.54, 1.807) is 23.5 Å². The molecule has 0 saturated carbocycles. The zero-order valence-electron chi connectivity index (χ0n) is 11.3. The lowest BCUT2D eigenvalue weighted by atomic mass is 10.2. The molecule has 19 heavy (non-hydrogen) atoms. The van der Waals surface area contributed by atoms with Crippen molar-refractivity contribution in [1.82, 2.24) is 4.90 Å². The number of anilines is 1. The van der Waals surface area contributed by atoms with Gasteiger partial charge in [-0.05, 0) is 49.7 Å². The van der Waals surface area contributed by atoms with Crippen LogP contribution in [0.4, 0.5) is 10.1 Å². The van der Waals surface area contributed by atoms with Crippen LogP contribution in [0.5, 0.6) is 0 Å². The van der Waals surface area contributed by atoms with Crippen LogP contribution in [0.25, 0.3) is 0 Å². The summed E-state index contributed by atoms with van der Waals surface area (Å²) in [6, 6.07) is 11.1. The number of hydrogen-bond acceptors (Lipinski definition) is 3. The first-order chi connectivity index (χ1) is 9.16. The molecule has 1 unspecified atom stereocenters. The van der Waals surface area contributed by atoms with Gasteiger partial charge in [-0.15, -0.1) is 11.3 Å². The number of nitrogens with zero attached hydrogens (tertiary/aromatic N) is 1. The summed E-state index contributed by atoms with van der Waals surface area (Å²) >= 11 is 1.79. The number of hydrogen-bond donors (Lipinski definition) is 1. The Labute approximate surface area is 117 Å². The molecular weight excluding hydrogens is 259 g/mol. The van der Waals surface area contributed by atoms with Crippen LogP contribution in [0.1, 0.15) is 17.8 Å². The van der Waals surface area contributed by atoms with E-state index < -0.39 is 0 Å². The van der Waals surface area contributed by atoms with Gasteiger partial charge in [0.15, 0.2) is 0 Å². The van der Waals surface area contributed by atoms with Crippen LogP contribution < -0.4 is 5.32 Å². The van der Waals surface area contributed by atoms with Gasteiger partial charge >= 0.3 is 0 Å². The largest absolute Gasteiger partial charge is 0.384 e. The van der Waals surface area contributed by atoms with Gasteiger partial charge in [0.05, 0.1) is 0 Å². The second-order valence-corrected chi connectivity index (χ2v) is 5.58. The van der Waals surface area contributed by atoms with Crippen molar-refractivity contribution in [2.24, 2.45) is 0 Å². The number of halogens is 1. The lowest BCUT2D eigenvalue weighted by Gasteiger charge is -2.24. The van der Waals surface area contributed by atoms with Gasteiger partial charge in [0.25, 0.3) is 0 Å². The van der Waals surface area contributed by atoms with Crippen molar-refractivity contribution >= 4 is 17.0 Å². The average molecular weight is 278 g/mol. The second-order valence-electron chi connectivity index (χ2n) is 4.61. The van der Waals surface area contributed by atoms with Gasteiger partial charge in [-0.1, -0.05) is 6.07 Å². The summed E-state index contributed by atoms with van der Waals surface area (Å²) in [5.41, 5.74) is 0.957. The highest BCUT2D eigenvalue weighted by Gasteiger charge is 2.11. The smallest absolute Gasteiger partial charge is 0.123 e. The highest BCUT2D eigenvalue weighted by atomic mass is 32.1. The highest BCUT2D eigenvalue weighted by molar-refractivity contribution is 7.10. The minimum Gasteiger partial charge on any atom is -0.384 e. The van der Waals surface area contributed by atoms with E-state index in [2.05, 4.69) is 41.7 Å². The van der Waals surface area contributed by atoms with Crippen LogP contribution in [0.3, 0.4) is 0 Å². The molecule has 0 radical (unpaired) electrons. The Kier molecular flexibility index (Phi) is 4.93. The molecule has 1 aromatic carbocycles. The summed E-state index contributed by atoms with van der Waals surface area (Å²) in [6.45, 7) is 4.00. The van der Waals surface area contributed by atoms with E-state index in [0.29, 0.717) is 6.04 Å². The van der Waals surface area contributed by atoms with Gasteiger partial charge in [-0.2, -0.15) is 0 Å². The monoisotopic (exact) mass is 278 g/mol. The molecule has 0 bridgehead atoms. The lowest BCUT2D eigenvalue weighted by Crippen LogP contribution is -2.27. The quantitative estimate of drug-likeness (QED) is 0.859. The SMILES string of the molecule is CC(c1cccs1)N(C)CCNc1ccc(F)cc1. The maximum absolute atomic E-state index is 12.8. The third-order valence-electron chi connectivity index (χ3n) is 3.25. The molecule has 1 heterocycles. The predicted octanol–water partition coefficient (Wildman–Crippen LogP) is 3.99. The molecule has 0 aliphatic carbocycles. The lowest BCUT2D eigenvalue weighted by molar-refractivity contribution is 0.275. The summed E-state index contributed by atoms with van der Waals surface area (Å²) in [4.78, 5) is 3.69. The number of nitrogens with one attached hydrogen (secondary N) is 1. The van der Waals surface area contributed by atoms with Crippen LogP contribution in [0, 0.1) is 5.82 Å². The molecule has 102 valence electrons. The van der Waals surface area contributed by atoms with E-state index >= 15 is 0 Å². The van der Waals surface area contributed by atoms with Crippen molar-refractivity contribution < 1.29 is 4.39 Å². The zero-order valence-corrected chi connectivity index (χ0v) is 12.1. The molecule has 0 aliphatic rings. The van der Waals surface area contributed by atoms with Gasteiger partial charge in [0.1, 0.15) is 5.82 Å². The number of benzene rings is 1. The summed E-state index contributed by atoms with van der Waals surface area (Å²) < 4.78 is 12.8. The Morgan fingerprint density at radius 3 is 2.63 bits per heavy atom. The second kappa shape index (κ2) is 6.68. The van der Waals surface area contributed by atoms with E-state index in [1.165, 1.54) is 17.0 Å². The normalized spacial score (nSPS) is 12.6. The van der Waals surface area contributed by atoms with Crippen LogP contribution in [0.2, 0.25) is 0 Å². The molecule has 2 rings (SSSR count). The van der Waals surface area contributed by atoms with Gasteiger partial charge in [0, 0.05) is 29.7 Å². The molecule has 2 aromatic rings. The maximum Gasteiger partial charge on any atom is 0.123 e. The van der Waals surface area contributed by atoms with E-state index in [1.807, 2.05) is 0 Å².